The topological polar surface area (TPSA) is 60.2 Å². The number of ether oxygens (including phenoxy) is 1. The van der Waals surface area contributed by atoms with Crippen LogP contribution in [0.25, 0.3) is 0 Å². The van der Waals surface area contributed by atoms with Crippen LogP contribution < -0.4 is 0 Å². The Balaban J connectivity index is 1.57. The van der Waals surface area contributed by atoms with Crippen LogP contribution in [0.4, 0.5) is 0 Å². The van der Waals surface area contributed by atoms with Gasteiger partial charge in [-0.05, 0) is 25.7 Å². The van der Waals surface area contributed by atoms with Gasteiger partial charge in [-0.1, -0.05) is 11.8 Å². The highest BCUT2D eigenvalue weighted by Gasteiger charge is 2.36. The summed E-state index contributed by atoms with van der Waals surface area (Å²) in [5.41, 5.74) is 0. The number of aliphatic hydroxyl groups excluding tert-OH is 1. The molecule has 6 heteroatoms. The first-order chi connectivity index (χ1) is 8.90. The highest BCUT2D eigenvalue weighted by Crippen LogP contribution is 2.45. The van der Waals surface area contributed by atoms with Crippen molar-refractivity contribution < 1.29 is 9.84 Å². The number of aliphatic hydroxyl groups is 1. The van der Waals surface area contributed by atoms with Gasteiger partial charge in [-0.3, -0.25) is 0 Å². The van der Waals surface area contributed by atoms with Crippen molar-refractivity contribution in [1.82, 2.24) is 14.8 Å². The van der Waals surface area contributed by atoms with Gasteiger partial charge in [0.25, 0.3) is 0 Å². The molecule has 1 N–H and O–H groups in total. The van der Waals surface area contributed by atoms with Crippen LogP contribution in [0.2, 0.25) is 0 Å². The third-order valence-corrected chi connectivity index (χ3v) is 4.15. The van der Waals surface area contributed by atoms with E-state index in [2.05, 4.69) is 14.8 Å². The maximum atomic E-state index is 8.62. The molecular formula is C12H19N3O2S. The minimum Gasteiger partial charge on any atom is -0.394 e. The Labute approximate surface area is 111 Å². The van der Waals surface area contributed by atoms with Gasteiger partial charge in [0, 0.05) is 17.7 Å². The third kappa shape index (κ3) is 2.87. The Kier molecular flexibility index (Phi) is 3.86. The first-order valence-corrected chi connectivity index (χ1v) is 7.65. The van der Waals surface area contributed by atoms with Crippen LogP contribution in [0, 0.1) is 0 Å². The molecule has 2 saturated carbocycles. The monoisotopic (exact) mass is 269 g/mol. The number of thioether (sulfide) groups is 1. The maximum Gasteiger partial charge on any atom is 0.191 e. The predicted molar refractivity (Wildman–Crippen MR) is 68.9 cm³/mol. The fourth-order valence-electron chi connectivity index (χ4n) is 2.04. The van der Waals surface area contributed by atoms with E-state index in [9.17, 15) is 0 Å². The lowest BCUT2D eigenvalue weighted by Gasteiger charge is -2.07. The normalized spacial score (nSPS) is 19.4. The van der Waals surface area contributed by atoms with Crippen molar-refractivity contribution in [3.63, 3.8) is 0 Å². The van der Waals surface area contributed by atoms with E-state index in [1.807, 2.05) is 0 Å². The van der Waals surface area contributed by atoms with E-state index in [1.165, 1.54) is 31.5 Å². The van der Waals surface area contributed by atoms with Gasteiger partial charge >= 0.3 is 0 Å². The molecule has 100 valence electrons. The minimum absolute atomic E-state index is 0.0920. The second-order valence-electron chi connectivity index (χ2n) is 4.90. The van der Waals surface area contributed by atoms with E-state index in [0.29, 0.717) is 25.2 Å². The number of nitrogens with zero attached hydrogens (tertiary/aromatic N) is 3. The molecule has 0 radical (unpaired) electrons. The van der Waals surface area contributed by atoms with Gasteiger partial charge in [0.2, 0.25) is 0 Å². The van der Waals surface area contributed by atoms with Crippen LogP contribution in [-0.4, -0.2) is 45.4 Å². The zero-order valence-corrected chi connectivity index (χ0v) is 11.2. The molecule has 0 amide bonds. The quantitative estimate of drug-likeness (QED) is 0.573. The molecular weight excluding hydrogens is 250 g/mol. The van der Waals surface area contributed by atoms with Crippen molar-refractivity contribution >= 4 is 11.8 Å². The van der Waals surface area contributed by atoms with E-state index in [-0.39, 0.29) is 6.61 Å². The highest BCUT2D eigenvalue weighted by atomic mass is 32.2. The molecule has 0 aromatic carbocycles. The van der Waals surface area contributed by atoms with Crippen LogP contribution in [0.15, 0.2) is 5.16 Å². The molecule has 18 heavy (non-hydrogen) atoms. The zero-order chi connectivity index (χ0) is 12.4. The van der Waals surface area contributed by atoms with Crippen molar-refractivity contribution in [3.8, 4) is 0 Å². The SMILES string of the molecule is OCCOCCSc1nnc(C2CC2)n1C1CC1. The number of rotatable bonds is 8. The van der Waals surface area contributed by atoms with Crippen molar-refractivity contribution in [2.75, 3.05) is 25.6 Å². The smallest absolute Gasteiger partial charge is 0.191 e. The lowest BCUT2D eigenvalue weighted by atomic mass is 10.4. The van der Waals surface area contributed by atoms with E-state index in [1.54, 1.807) is 11.8 Å². The van der Waals surface area contributed by atoms with E-state index in [4.69, 9.17) is 9.84 Å². The first kappa shape index (κ1) is 12.4. The molecule has 2 aliphatic rings. The Hall–Kier alpha value is -0.590. The molecule has 1 heterocycles. The summed E-state index contributed by atoms with van der Waals surface area (Å²) in [4.78, 5) is 0. The minimum atomic E-state index is 0.0920. The van der Waals surface area contributed by atoms with Gasteiger partial charge in [0.05, 0.1) is 19.8 Å². The van der Waals surface area contributed by atoms with Crippen LogP contribution in [0.3, 0.4) is 0 Å². The van der Waals surface area contributed by atoms with E-state index < -0.39 is 0 Å². The van der Waals surface area contributed by atoms with Crippen molar-refractivity contribution in [2.45, 2.75) is 42.8 Å². The summed E-state index contributed by atoms with van der Waals surface area (Å²) in [6.07, 6.45) is 5.09. The largest absolute Gasteiger partial charge is 0.394 e. The van der Waals surface area contributed by atoms with Crippen molar-refractivity contribution in [3.05, 3.63) is 5.82 Å². The lowest BCUT2D eigenvalue weighted by molar-refractivity contribution is 0.103. The molecule has 2 fully saturated rings. The molecule has 0 atom stereocenters. The number of hydrogen-bond acceptors (Lipinski definition) is 5. The average molecular weight is 269 g/mol. The fraction of sp³-hybridized carbons (Fsp3) is 0.833. The van der Waals surface area contributed by atoms with Gasteiger partial charge in [-0.2, -0.15) is 0 Å². The van der Waals surface area contributed by atoms with Crippen molar-refractivity contribution in [1.29, 1.82) is 0 Å². The Morgan fingerprint density at radius 1 is 1.22 bits per heavy atom. The lowest BCUT2D eigenvalue weighted by Crippen LogP contribution is -2.05. The standard InChI is InChI=1S/C12H19N3O2S/c16-5-6-17-7-8-18-12-14-13-11(9-1-2-9)15(12)10-3-4-10/h9-10,16H,1-8H2. The average Bonchev–Trinajstić information content (AvgIpc) is 3.28. The Morgan fingerprint density at radius 3 is 2.72 bits per heavy atom. The summed E-state index contributed by atoms with van der Waals surface area (Å²) in [6, 6.07) is 0.650. The van der Waals surface area contributed by atoms with Crippen LogP contribution in [0.5, 0.6) is 0 Å². The first-order valence-electron chi connectivity index (χ1n) is 6.66. The second kappa shape index (κ2) is 5.59. The molecule has 1 aromatic rings. The van der Waals surface area contributed by atoms with Gasteiger partial charge in [-0.15, -0.1) is 10.2 Å². The fourth-order valence-corrected chi connectivity index (χ4v) is 2.91. The van der Waals surface area contributed by atoms with Gasteiger partial charge < -0.3 is 14.4 Å². The van der Waals surface area contributed by atoms with Crippen molar-refractivity contribution in [2.24, 2.45) is 0 Å². The van der Waals surface area contributed by atoms with Crippen LogP contribution in [0.1, 0.15) is 43.5 Å². The maximum absolute atomic E-state index is 8.62. The van der Waals surface area contributed by atoms with Gasteiger partial charge in [0.15, 0.2) is 5.16 Å². The summed E-state index contributed by atoms with van der Waals surface area (Å²) in [5.74, 6) is 2.74. The number of hydrogen-bond donors (Lipinski definition) is 1. The molecule has 5 nitrogen and oxygen atoms in total. The molecule has 0 spiro atoms. The molecule has 2 aliphatic carbocycles. The summed E-state index contributed by atoms with van der Waals surface area (Å²) < 4.78 is 7.61. The summed E-state index contributed by atoms with van der Waals surface area (Å²) >= 11 is 1.71. The third-order valence-electron chi connectivity index (χ3n) is 3.24. The Morgan fingerprint density at radius 2 is 2.06 bits per heavy atom. The van der Waals surface area contributed by atoms with E-state index >= 15 is 0 Å². The Bertz CT molecular complexity index is 402. The van der Waals surface area contributed by atoms with E-state index in [0.717, 1.165) is 10.9 Å². The molecule has 0 unspecified atom stereocenters. The molecule has 0 aliphatic heterocycles. The van der Waals surface area contributed by atoms with Crippen LogP contribution in [-0.2, 0) is 4.74 Å². The number of aromatic nitrogens is 3. The molecule has 3 rings (SSSR count). The van der Waals surface area contributed by atoms with Gasteiger partial charge in [0.1, 0.15) is 5.82 Å². The molecule has 1 aromatic heterocycles. The highest BCUT2D eigenvalue weighted by molar-refractivity contribution is 7.99. The summed E-state index contributed by atoms with van der Waals surface area (Å²) in [5, 5.41) is 18.4. The predicted octanol–water partition coefficient (Wildman–Crippen LogP) is 1.59. The van der Waals surface area contributed by atoms with Crippen LogP contribution >= 0.6 is 11.8 Å². The van der Waals surface area contributed by atoms with Gasteiger partial charge in [-0.25, -0.2) is 0 Å². The molecule has 0 saturated heterocycles. The zero-order valence-electron chi connectivity index (χ0n) is 10.4. The molecule has 0 bridgehead atoms. The summed E-state index contributed by atoms with van der Waals surface area (Å²) in [7, 11) is 0. The second-order valence-corrected chi connectivity index (χ2v) is 5.96. The summed E-state index contributed by atoms with van der Waals surface area (Å²) in [6.45, 7) is 1.17.